The van der Waals surface area contributed by atoms with Crippen LogP contribution >= 0.6 is 0 Å². The molecule has 1 saturated carbocycles. The molecule has 22 heavy (non-hydrogen) atoms. The van der Waals surface area contributed by atoms with Crippen LogP contribution in [0.15, 0.2) is 18.3 Å². The summed E-state index contributed by atoms with van der Waals surface area (Å²) in [6, 6.07) is 6.39. The van der Waals surface area contributed by atoms with Crippen LogP contribution in [0.25, 0.3) is 0 Å². The van der Waals surface area contributed by atoms with Crippen LogP contribution in [-0.4, -0.2) is 48.8 Å². The smallest absolute Gasteiger partial charge is 0.213 e. The van der Waals surface area contributed by atoms with Crippen LogP contribution < -0.4 is 4.74 Å². The van der Waals surface area contributed by atoms with Crippen molar-refractivity contribution in [2.75, 3.05) is 32.9 Å². The van der Waals surface area contributed by atoms with E-state index in [9.17, 15) is 0 Å². The second kappa shape index (κ2) is 5.53. The number of pyridine rings is 1. The van der Waals surface area contributed by atoms with E-state index < -0.39 is 0 Å². The summed E-state index contributed by atoms with van der Waals surface area (Å²) < 4.78 is 11.7. The topological polar surface area (TPSA) is 58.4 Å². The molecule has 2 aliphatic heterocycles. The summed E-state index contributed by atoms with van der Waals surface area (Å²) in [6.45, 7) is 4.53. The average molecular weight is 299 g/mol. The molecule has 4 rings (SSSR count). The molecule has 1 aromatic rings. The Morgan fingerprint density at radius 1 is 1.45 bits per heavy atom. The molecule has 0 radical (unpaired) electrons. The number of nitrogens with zero attached hydrogens (tertiary/aromatic N) is 3. The Morgan fingerprint density at radius 3 is 3.05 bits per heavy atom. The second-order valence-electron chi connectivity index (χ2n) is 6.87. The first kappa shape index (κ1) is 14.0. The van der Waals surface area contributed by atoms with Gasteiger partial charge in [0.2, 0.25) is 5.88 Å². The van der Waals surface area contributed by atoms with Gasteiger partial charge in [0.1, 0.15) is 6.07 Å². The standard InChI is InChI=1S/C17H21N3O2/c18-6-13-4-5-16(19-7-13)22-12-17-10-20(15-2-1-3-15)8-14(17)9-21-11-17/h4-5,7,14-15H,1-3,8-12H2/t14-,17+/m1/s1. The lowest BCUT2D eigenvalue weighted by Crippen LogP contribution is -2.42. The van der Waals surface area contributed by atoms with Gasteiger partial charge in [0.15, 0.2) is 0 Å². The Morgan fingerprint density at radius 2 is 2.36 bits per heavy atom. The van der Waals surface area contributed by atoms with Crippen LogP contribution in [0.5, 0.6) is 5.88 Å². The zero-order valence-corrected chi connectivity index (χ0v) is 12.7. The van der Waals surface area contributed by atoms with E-state index in [0.717, 1.165) is 32.3 Å². The highest BCUT2D eigenvalue weighted by Crippen LogP contribution is 2.44. The fourth-order valence-corrected chi connectivity index (χ4v) is 3.86. The highest BCUT2D eigenvalue weighted by Gasteiger charge is 2.52. The number of rotatable bonds is 4. The average Bonchev–Trinajstić information content (AvgIpc) is 3.01. The summed E-state index contributed by atoms with van der Waals surface area (Å²) in [4.78, 5) is 6.85. The fraction of sp³-hybridized carbons (Fsp3) is 0.647. The third-order valence-corrected chi connectivity index (χ3v) is 5.51. The number of likely N-dealkylation sites (tertiary alicyclic amines) is 1. The van der Waals surface area contributed by atoms with Crippen molar-refractivity contribution in [3.05, 3.63) is 23.9 Å². The molecule has 1 aliphatic carbocycles. The highest BCUT2D eigenvalue weighted by atomic mass is 16.5. The lowest BCUT2D eigenvalue weighted by molar-refractivity contribution is 0.0666. The minimum Gasteiger partial charge on any atom is -0.477 e. The van der Waals surface area contributed by atoms with E-state index in [1.165, 1.54) is 19.3 Å². The molecular formula is C17H21N3O2. The SMILES string of the molecule is N#Cc1ccc(OC[C@]23COC[C@H]2CN(C2CCC2)C3)nc1. The molecule has 0 spiro atoms. The molecule has 0 unspecified atom stereocenters. The van der Waals surface area contributed by atoms with E-state index >= 15 is 0 Å². The van der Waals surface area contributed by atoms with Crippen molar-refractivity contribution in [2.24, 2.45) is 11.3 Å². The zero-order valence-electron chi connectivity index (χ0n) is 12.7. The number of aromatic nitrogens is 1. The van der Waals surface area contributed by atoms with Crippen LogP contribution in [0.3, 0.4) is 0 Å². The Hall–Kier alpha value is -1.64. The number of hydrogen-bond acceptors (Lipinski definition) is 5. The van der Waals surface area contributed by atoms with Crippen LogP contribution in [-0.2, 0) is 4.74 Å². The van der Waals surface area contributed by atoms with Crippen molar-refractivity contribution in [3.8, 4) is 11.9 Å². The van der Waals surface area contributed by atoms with E-state index in [4.69, 9.17) is 14.7 Å². The Bertz CT molecular complexity index is 579. The fourth-order valence-electron chi connectivity index (χ4n) is 3.86. The molecule has 2 atom stereocenters. The van der Waals surface area contributed by atoms with Gasteiger partial charge in [0.05, 0.1) is 25.4 Å². The molecule has 3 aliphatic rings. The first-order valence-electron chi connectivity index (χ1n) is 8.10. The molecule has 5 heteroatoms. The summed E-state index contributed by atoms with van der Waals surface area (Å²) in [6.07, 6.45) is 5.63. The molecule has 116 valence electrons. The van der Waals surface area contributed by atoms with Crippen molar-refractivity contribution < 1.29 is 9.47 Å². The molecule has 0 aromatic carbocycles. The first-order valence-corrected chi connectivity index (χ1v) is 8.10. The van der Waals surface area contributed by atoms with E-state index in [2.05, 4.69) is 16.0 Å². The van der Waals surface area contributed by atoms with Crippen LogP contribution in [0.2, 0.25) is 0 Å². The summed E-state index contributed by atoms with van der Waals surface area (Å²) in [5.74, 6) is 1.17. The molecule has 3 fully saturated rings. The lowest BCUT2D eigenvalue weighted by Gasteiger charge is -2.36. The molecule has 0 amide bonds. The van der Waals surface area contributed by atoms with Crippen molar-refractivity contribution in [2.45, 2.75) is 25.3 Å². The van der Waals surface area contributed by atoms with Crippen molar-refractivity contribution in [1.29, 1.82) is 5.26 Å². The molecule has 0 bridgehead atoms. The van der Waals surface area contributed by atoms with Gasteiger partial charge in [-0.1, -0.05) is 6.42 Å². The summed E-state index contributed by atoms with van der Waals surface area (Å²) in [5.41, 5.74) is 0.676. The molecule has 5 nitrogen and oxygen atoms in total. The Kier molecular flexibility index (Phi) is 3.51. The largest absolute Gasteiger partial charge is 0.477 e. The first-order chi connectivity index (χ1) is 10.8. The number of fused-ring (bicyclic) bond motifs is 1. The summed E-state index contributed by atoms with van der Waals surface area (Å²) in [5, 5.41) is 8.81. The van der Waals surface area contributed by atoms with Gasteiger partial charge in [0, 0.05) is 42.7 Å². The predicted octanol–water partition coefficient (Wildman–Crippen LogP) is 1.83. The zero-order chi connectivity index (χ0) is 15.0. The number of hydrogen-bond donors (Lipinski definition) is 0. The third kappa shape index (κ3) is 2.37. The maximum Gasteiger partial charge on any atom is 0.213 e. The molecule has 3 heterocycles. The van der Waals surface area contributed by atoms with E-state index in [1.54, 1.807) is 18.3 Å². The van der Waals surface area contributed by atoms with Gasteiger partial charge in [-0.2, -0.15) is 5.26 Å². The van der Waals surface area contributed by atoms with Gasteiger partial charge in [-0.05, 0) is 18.9 Å². The van der Waals surface area contributed by atoms with Crippen molar-refractivity contribution in [1.82, 2.24) is 9.88 Å². The highest BCUT2D eigenvalue weighted by molar-refractivity contribution is 5.28. The van der Waals surface area contributed by atoms with Crippen molar-refractivity contribution in [3.63, 3.8) is 0 Å². The van der Waals surface area contributed by atoms with Gasteiger partial charge < -0.3 is 9.47 Å². The normalized spacial score (nSPS) is 31.5. The van der Waals surface area contributed by atoms with Crippen LogP contribution in [0.1, 0.15) is 24.8 Å². The molecule has 2 saturated heterocycles. The van der Waals surface area contributed by atoms with Crippen LogP contribution in [0.4, 0.5) is 0 Å². The maximum atomic E-state index is 8.81. The monoisotopic (exact) mass is 299 g/mol. The predicted molar refractivity (Wildman–Crippen MR) is 80.4 cm³/mol. The third-order valence-electron chi connectivity index (χ3n) is 5.51. The maximum absolute atomic E-state index is 8.81. The number of nitriles is 1. The quantitative estimate of drug-likeness (QED) is 0.849. The Balaban J connectivity index is 1.42. The summed E-state index contributed by atoms with van der Waals surface area (Å²) >= 11 is 0. The molecule has 0 N–H and O–H groups in total. The number of ether oxygens (including phenoxy) is 2. The van der Waals surface area contributed by atoms with Crippen LogP contribution in [0, 0.1) is 22.7 Å². The van der Waals surface area contributed by atoms with E-state index in [1.807, 2.05) is 0 Å². The van der Waals surface area contributed by atoms with Crippen molar-refractivity contribution >= 4 is 0 Å². The van der Waals surface area contributed by atoms with Gasteiger partial charge in [-0.3, -0.25) is 4.90 Å². The summed E-state index contributed by atoms with van der Waals surface area (Å²) in [7, 11) is 0. The van der Waals surface area contributed by atoms with E-state index in [0.29, 0.717) is 24.0 Å². The molecule has 1 aromatic heterocycles. The second-order valence-corrected chi connectivity index (χ2v) is 6.87. The molecular weight excluding hydrogens is 278 g/mol. The van der Waals surface area contributed by atoms with Gasteiger partial charge in [0.25, 0.3) is 0 Å². The van der Waals surface area contributed by atoms with Gasteiger partial charge >= 0.3 is 0 Å². The van der Waals surface area contributed by atoms with E-state index in [-0.39, 0.29) is 5.41 Å². The minimum atomic E-state index is 0.116. The minimum absolute atomic E-state index is 0.116. The lowest BCUT2D eigenvalue weighted by atomic mass is 9.82. The van der Waals surface area contributed by atoms with Gasteiger partial charge in [-0.25, -0.2) is 4.98 Å². The Labute approximate surface area is 130 Å². The van der Waals surface area contributed by atoms with Gasteiger partial charge in [-0.15, -0.1) is 0 Å².